The number of hydrogen-bond donors (Lipinski definition) is 3. The molecular weight excluding hydrogens is 509 g/mol. The molecule has 164 valence electrons. The van der Waals surface area contributed by atoms with Gasteiger partial charge in [-0.25, -0.2) is 0 Å². The molecule has 0 radical (unpaired) electrons. The summed E-state index contributed by atoms with van der Waals surface area (Å²) in [7, 11) is 1.59. The van der Waals surface area contributed by atoms with Crippen molar-refractivity contribution >= 4 is 35.8 Å². The Hall–Kier alpha value is -2.63. The van der Waals surface area contributed by atoms with Gasteiger partial charge in [-0.2, -0.15) is 8.78 Å². The Morgan fingerprint density at radius 2 is 1.87 bits per heavy atom. The Labute approximate surface area is 191 Å². The molecule has 0 aliphatic rings. The molecule has 2 aromatic rings. The predicted octanol–water partition coefficient (Wildman–Crippen LogP) is 3.27. The summed E-state index contributed by atoms with van der Waals surface area (Å²) in [6, 6.07) is 11.8. The SMILES string of the molecule is CCOc1cccc(CNC(=NC)NCc2cccc(C(N)=O)c2)c1OC(F)F.I. The highest BCUT2D eigenvalue weighted by Crippen LogP contribution is 2.32. The van der Waals surface area contributed by atoms with Crippen molar-refractivity contribution in [3.05, 3.63) is 59.2 Å². The smallest absolute Gasteiger partial charge is 0.387 e. The van der Waals surface area contributed by atoms with Crippen LogP contribution in [0.1, 0.15) is 28.4 Å². The first-order chi connectivity index (χ1) is 13.9. The normalized spacial score (nSPS) is 10.9. The Morgan fingerprint density at radius 3 is 2.50 bits per heavy atom. The molecule has 0 heterocycles. The highest BCUT2D eigenvalue weighted by molar-refractivity contribution is 14.0. The van der Waals surface area contributed by atoms with E-state index in [1.54, 1.807) is 50.4 Å². The number of aliphatic imine (C=N–C) groups is 1. The van der Waals surface area contributed by atoms with Crippen LogP contribution in [0.15, 0.2) is 47.5 Å². The van der Waals surface area contributed by atoms with Gasteiger partial charge in [-0.3, -0.25) is 9.79 Å². The monoisotopic (exact) mass is 534 g/mol. The number of alkyl halides is 2. The number of ether oxygens (including phenoxy) is 2. The van der Waals surface area contributed by atoms with Crippen LogP contribution < -0.4 is 25.8 Å². The fourth-order valence-electron chi connectivity index (χ4n) is 2.61. The van der Waals surface area contributed by atoms with Gasteiger partial charge in [0.2, 0.25) is 5.91 Å². The number of amides is 1. The number of halogens is 3. The summed E-state index contributed by atoms with van der Waals surface area (Å²) in [5, 5.41) is 6.13. The van der Waals surface area contributed by atoms with Crippen LogP contribution in [-0.2, 0) is 13.1 Å². The molecule has 0 saturated heterocycles. The summed E-state index contributed by atoms with van der Waals surface area (Å²) in [4.78, 5) is 15.4. The van der Waals surface area contributed by atoms with Gasteiger partial charge in [0.15, 0.2) is 17.5 Å². The largest absolute Gasteiger partial charge is 0.490 e. The van der Waals surface area contributed by atoms with Crippen LogP contribution in [0.25, 0.3) is 0 Å². The van der Waals surface area contributed by atoms with Crippen molar-refractivity contribution in [2.45, 2.75) is 26.6 Å². The molecule has 2 aromatic carbocycles. The van der Waals surface area contributed by atoms with Crippen LogP contribution in [0.5, 0.6) is 11.5 Å². The topological polar surface area (TPSA) is 98.0 Å². The number of nitrogens with one attached hydrogen (secondary N) is 2. The maximum Gasteiger partial charge on any atom is 0.387 e. The maximum atomic E-state index is 12.8. The van der Waals surface area contributed by atoms with Gasteiger partial charge in [0.25, 0.3) is 0 Å². The number of benzene rings is 2. The third-order valence-electron chi connectivity index (χ3n) is 3.91. The van der Waals surface area contributed by atoms with Crippen molar-refractivity contribution in [1.29, 1.82) is 0 Å². The summed E-state index contributed by atoms with van der Waals surface area (Å²) >= 11 is 0. The molecule has 4 N–H and O–H groups in total. The molecule has 10 heteroatoms. The number of nitrogens with two attached hydrogens (primary N) is 1. The molecule has 0 aromatic heterocycles. The van der Waals surface area contributed by atoms with Gasteiger partial charge in [-0.05, 0) is 30.7 Å². The number of carbonyl (C=O) groups excluding carboxylic acids is 1. The molecule has 0 unspecified atom stereocenters. The number of primary amides is 1. The minimum Gasteiger partial charge on any atom is -0.490 e. The highest BCUT2D eigenvalue weighted by Gasteiger charge is 2.16. The van der Waals surface area contributed by atoms with E-state index in [2.05, 4.69) is 20.4 Å². The van der Waals surface area contributed by atoms with Crippen LogP contribution in [0.2, 0.25) is 0 Å². The fraction of sp³-hybridized carbons (Fsp3) is 0.300. The Kier molecular flexibility index (Phi) is 10.9. The van der Waals surface area contributed by atoms with E-state index in [4.69, 9.17) is 10.5 Å². The van der Waals surface area contributed by atoms with Crippen LogP contribution >= 0.6 is 24.0 Å². The molecule has 2 rings (SSSR count). The van der Waals surface area contributed by atoms with Crippen molar-refractivity contribution in [3.8, 4) is 11.5 Å². The van der Waals surface area contributed by atoms with Crippen molar-refractivity contribution < 1.29 is 23.0 Å². The van der Waals surface area contributed by atoms with Gasteiger partial charge < -0.3 is 25.8 Å². The number of carbonyl (C=O) groups is 1. The molecule has 0 fully saturated rings. The summed E-state index contributed by atoms with van der Waals surface area (Å²) in [6.45, 7) is -0.310. The summed E-state index contributed by atoms with van der Waals surface area (Å²) in [6.07, 6.45) is 0. The lowest BCUT2D eigenvalue weighted by molar-refractivity contribution is -0.0520. The third kappa shape index (κ3) is 7.65. The molecule has 0 aliphatic heterocycles. The first kappa shape index (κ1) is 25.4. The fourth-order valence-corrected chi connectivity index (χ4v) is 2.61. The molecule has 0 saturated carbocycles. The second kappa shape index (κ2) is 12.8. The number of para-hydroxylation sites is 1. The molecule has 0 spiro atoms. The molecule has 0 atom stereocenters. The number of guanidine groups is 1. The molecule has 0 bridgehead atoms. The van der Waals surface area contributed by atoms with E-state index < -0.39 is 12.5 Å². The van der Waals surface area contributed by atoms with Gasteiger partial charge >= 0.3 is 6.61 Å². The average molecular weight is 534 g/mol. The highest BCUT2D eigenvalue weighted by atomic mass is 127. The van der Waals surface area contributed by atoms with Crippen molar-refractivity contribution in [3.63, 3.8) is 0 Å². The van der Waals surface area contributed by atoms with E-state index in [-0.39, 0.29) is 42.0 Å². The molecular formula is C20H25F2IN4O3. The van der Waals surface area contributed by atoms with Gasteiger partial charge in [0.1, 0.15) is 0 Å². The van der Waals surface area contributed by atoms with E-state index in [1.807, 2.05) is 6.07 Å². The Bertz CT molecular complexity index is 866. The van der Waals surface area contributed by atoms with Gasteiger partial charge in [0.05, 0.1) is 6.61 Å². The summed E-state index contributed by atoms with van der Waals surface area (Å²) in [5.74, 6) is 0.175. The average Bonchev–Trinajstić information content (AvgIpc) is 2.70. The van der Waals surface area contributed by atoms with Gasteiger partial charge in [-0.15, -0.1) is 24.0 Å². The Morgan fingerprint density at radius 1 is 1.17 bits per heavy atom. The molecule has 0 aliphatic carbocycles. The van der Waals surface area contributed by atoms with Gasteiger partial charge in [-0.1, -0.05) is 24.3 Å². The lowest BCUT2D eigenvalue weighted by Crippen LogP contribution is -2.36. The lowest BCUT2D eigenvalue weighted by Gasteiger charge is -2.17. The first-order valence-corrected chi connectivity index (χ1v) is 8.97. The van der Waals surface area contributed by atoms with E-state index in [1.165, 1.54) is 0 Å². The Balaban J connectivity index is 0.00000450. The van der Waals surface area contributed by atoms with E-state index in [9.17, 15) is 13.6 Å². The lowest BCUT2D eigenvalue weighted by atomic mass is 10.1. The van der Waals surface area contributed by atoms with E-state index in [0.29, 0.717) is 30.2 Å². The van der Waals surface area contributed by atoms with Crippen molar-refractivity contribution in [1.82, 2.24) is 10.6 Å². The third-order valence-corrected chi connectivity index (χ3v) is 3.91. The minimum absolute atomic E-state index is 0. The second-order valence-corrected chi connectivity index (χ2v) is 5.90. The number of nitrogens with zero attached hydrogens (tertiary/aromatic N) is 1. The second-order valence-electron chi connectivity index (χ2n) is 5.90. The standard InChI is InChI=1S/C20H24F2N4O3.HI/c1-3-28-16-9-5-8-15(17(16)29-19(21)22)12-26-20(24-2)25-11-13-6-4-7-14(10-13)18(23)27;/h4-10,19H,3,11-12H2,1-2H3,(H2,23,27)(H2,24,25,26);1H. The predicted molar refractivity (Wildman–Crippen MR) is 122 cm³/mol. The van der Waals surface area contributed by atoms with Crippen LogP contribution in [-0.4, -0.2) is 32.1 Å². The first-order valence-electron chi connectivity index (χ1n) is 8.97. The van der Waals surface area contributed by atoms with E-state index >= 15 is 0 Å². The maximum absolute atomic E-state index is 12.8. The summed E-state index contributed by atoms with van der Waals surface area (Å²) in [5.41, 5.74) is 7.03. The van der Waals surface area contributed by atoms with Crippen molar-refractivity contribution in [2.75, 3.05) is 13.7 Å². The van der Waals surface area contributed by atoms with Gasteiger partial charge in [0, 0.05) is 31.3 Å². The zero-order valence-corrected chi connectivity index (χ0v) is 19.0. The number of rotatable bonds is 9. The van der Waals surface area contributed by atoms with Crippen LogP contribution in [0.4, 0.5) is 8.78 Å². The van der Waals surface area contributed by atoms with Crippen molar-refractivity contribution in [2.24, 2.45) is 10.7 Å². The minimum atomic E-state index is -2.97. The quantitative estimate of drug-likeness (QED) is 0.261. The zero-order chi connectivity index (χ0) is 21.2. The number of hydrogen-bond acceptors (Lipinski definition) is 4. The van der Waals surface area contributed by atoms with E-state index in [0.717, 1.165) is 5.56 Å². The summed E-state index contributed by atoms with van der Waals surface area (Å²) < 4.78 is 35.7. The molecule has 7 nitrogen and oxygen atoms in total. The molecule has 30 heavy (non-hydrogen) atoms. The van der Waals surface area contributed by atoms with Crippen LogP contribution in [0.3, 0.4) is 0 Å². The zero-order valence-electron chi connectivity index (χ0n) is 16.7. The van der Waals surface area contributed by atoms with Crippen LogP contribution in [0, 0.1) is 0 Å². The molecule has 1 amide bonds.